The van der Waals surface area contributed by atoms with Gasteiger partial charge in [0.2, 0.25) is 0 Å². The van der Waals surface area contributed by atoms with Crippen LogP contribution in [0.4, 0.5) is 35.1 Å². The van der Waals surface area contributed by atoms with E-state index in [1.807, 2.05) is 0 Å². The number of aromatic nitrogens is 6. The number of phosphoric acid groups is 4. The molecule has 7 aromatic rings. The minimum Gasteiger partial charge on any atom is -0.404 e. The van der Waals surface area contributed by atoms with Gasteiger partial charge < -0.3 is 88.1 Å². The van der Waals surface area contributed by atoms with E-state index in [4.69, 9.17) is 168 Å². The molecule has 4 aromatic carbocycles. The largest absolute Gasteiger partial charge is 0.530 e. The molecule has 0 aliphatic carbocycles. The number of aromatic amines is 3. The number of hydrogen-bond donors (Lipinski definition) is 12. The summed E-state index contributed by atoms with van der Waals surface area (Å²) in [7, 11) is -18.6. The Labute approximate surface area is 735 Å². The molecule has 672 valence electrons. The van der Waals surface area contributed by atoms with Crippen LogP contribution in [0.3, 0.4) is 0 Å². The van der Waals surface area contributed by atoms with E-state index in [1.165, 1.54) is 12.1 Å². The molecule has 12 N–H and O–H groups in total. The first-order valence-corrected chi connectivity index (χ1v) is 43.0. The summed E-state index contributed by atoms with van der Waals surface area (Å²) >= 11 is 42.7. The Kier molecular flexibility index (Phi) is 25.6. The number of thiocarbonyl (C=S) groups is 1. The van der Waals surface area contributed by atoms with E-state index < -0.39 is 208 Å². The number of benzene rings is 4. The van der Waals surface area contributed by atoms with Crippen LogP contribution in [-0.4, -0.2) is 184 Å². The van der Waals surface area contributed by atoms with Crippen LogP contribution in [0.15, 0.2) is 129 Å². The first-order chi connectivity index (χ1) is 60.3. The number of ether oxygens (including phenoxy) is 4. The normalized spacial score (nSPS) is 35.3. The molecule has 4 fully saturated rings. The zero-order valence-electron chi connectivity index (χ0n) is 66.7. The van der Waals surface area contributed by atoms with Gasteiger partial charge in [0.05, 0.1) is 54.8 Å². The average Bonchev–Trinajstić information content (AvgIpc) is 1.56. The van der Waals surface area contributed by atoms with E-state index in [0.29, 0.717) is 18.6 Å². The monoisotopic (exact) mass is 2000 g/mol. The van der Waals surface area contributed by atoms with Crippen LogP contribution in [-0.2, 0) is 99.8 Å². The number of aliphatic hydroxyl groups excluding tert-OH is 8. The Morgan fingerprint density at radius 3 is 1.15 bits per heavy atom. The second kappa shape index (κ2) is 36.7. The number of nitrogens with one attached hydrogen (secondary N) is 4. The Bertz CT molecular complexity index is 6380. The van der Waals surface area contributed by atoms with E-state index in [2.05, 4.69) is 35.9 Å². The minimum atomic E-state index is -4.89. The average molecular weight is 2000 g/mol. The molecular formula is C65H58Cl4F8N8O31P4S4. The molecular weight excluding hydrogens is 1930 g/mol. The van der Waals surface area contributed by atoms with E-state index >= 15 is 17.6 Å². The molecule has 0 spiro atoms. The van der Waals surface area contributed by atoms with Crippen molar-refractivity contribution in [1.82, 2.24) is 38.9 Å². The topological polar surface area (TPSA) is 506 Å². The third-order valence-electron chi connectivity index (χ3n) is 17.8. The molecule has 9 aliphatic rings. The Morgan fingerprint density at radius 1 is 0.468 bits per heavy atom. The molecule has 12 heterocycles. The van der Waals surface area contributed by atoms with Crippen molar-refractivity contribution in [2.45, 2.75) is 124 Å². The Morgan fingerprint density at radius 2 is 0.766 bits per heavy atom. The molecule has 59 heteroatoms. The Hall–Kier alpha value is -6.73. The number of alkyl halides is 4. The maximum absolute atomic E-state index is 15.9. The summed E-state index contributed by atoms with van der Waals surface area (Å²) in [5.74, 6) is -17.3. The van der Waals surface area contributed by atoms with Crippen molar-refractivity contribution in [1.29, 1.82) is 0 Å². The standard InChI is InChI=1S/C17H16ClF2N2O7PS.3C16H14ClF2N2O8PS/c1-8-21-15(31)11(18)5-22(8)16-13(23)14(24)17(20,28-16)7-27-30(25)26-6-9-4-10(19)2-3-12(9)29-30;3*17-9-4-21(15(24)20-13(9)31)14-11(22)12(23)16(19,28-14)6-27-30(25)26-5-7-3-8(18)1-2-10(7)29-30/h2-5,13-14,16,23-24H,1,6-7H2,(H,21,31);3*1-4,11-12,14,22-23H,5-6H2,(H,20,24,31)/t13-,14+,16-,17-,30?;3*11-,12+,14-,16-,30?/m1111/s1/i7D2,16D;14D;6D2;. The molecule has 0 saturated carbocycles. The summed E-state index contributed by atoms with van der Waals surface area (Å²) in [6.45, 7) is -8.33. The van der Waals surface area contributed by atoms with E-state index in [0.717, 1.165) is 85.5 Å². The van der Waals surface area contributed by atoms with Crippen LogP contribution in [0.2, 0.25) is 15.1 Å². The summed E-state index contributed by atoms with van der Waals surface area (Å²) in [6, 6.07) is 12.8. The van der Waals surface area contributed by atoms with Crippen LogP contribution in [0, 0.1) is 37.2 Å². The first kappa shape index (κ1) is 86.6. The molecule has 16 rings (SSSR count). The quantitative estimate of drug-likeness (QED) is 0.0243. The van der Waals surface area contributed by atoms with Crippen LogP contribution >= 0.6 is 127 Å². The second-order valence-corrected chi connectivity index (χ2v) is 35.7. The summed E-state index contributed by atoms with van der Waals surface area (Å²) in [5.41, 5.74) is -2.23. The number of nitrogens with zero attached hydrogens (tertiary/aromatic N) is 4. The lowest BCUT2D eigenvalue weighted by atomic mass is 10.1. The second-order valence-electron chi connectivity index (χ2n) is 26.2. The van der Waals surface area contributed by atoms with Crippen LogP contribution in [0.5, 0.6) is 23.0 Å². The molecule has 4 unspecified atom stereocenters. The van der Waals surface area contributed by atoms with Crippen molar-refractivity contribution in [3.05, 3.63) is 221 Å². The highest BCUT2D eigenvalue weighted by atomic mass is 35.5. The Balaban J connectivity index is 0.000000148. The predicted octanol–water partition coefficient (Wildman–Crippen LogP) is 9.43. The van der Waals surface area contributed by atoms with Crippen molar-refractivity contribution in [3.63, 3.8) is 0 Å². The number of halogens is 12. The van der Waals surface area contributed by atoms with Crippen molar-refractivity contribution in [2.24, 2.45) is 0 Å². The lowest BCUT2D eigenvalue weighted by Crippen LogP contribution is -2.47. The highest BCUT2D eigenvalue weighted by molar-refractivity contribution is 7.81. The molecule has 0 radical (unpaired) electrons. The van der Waals surface area contributed by atoms with Gasteiger partial charge in [0.15, 0.2) is 24.9 Å². The summed E-state index contributed by atoms with van der Waals surface area (Å²) in [5, 5.41) is 84.0. The van der Waals surface area contributed by atoms with Gasteiger partial charge in [-0.25, -0.2) is 67.8 Å². The fourth-order valence-corrected chi connectivity index (χ4v) is 17.4. The molecule has 124 heavy (non-hydrogen) atoms. The van der Waals surface area contributed by atoms with Crippen molar-refractivity contribution >= 4 is 132 Å². The summed E-state index contributed by atoms with van der Waals surface area (Å²) < 4.78 is 295. The SMILES string of the molecule is O=c1[nH]c(=S)c(Cl)cn1[C@@H]1O[C@](F)(COP2(=O)OCc3cc(F)ccc3O2)[C@@H](O)[C@H]1O.[2H]C([2H])(OP1(=O)OCc2cc(F)ccc2O1)[C@@]1(F)O[C@@H](n2cc(Cl)c(=S)[nH]c2=O)[C@H](O)[C@@H]1O.[2H]C([2H])(OP1(=O)OCc2cc(F)ccc2O1)[C@@]1(F)O[C@@]([2H])(N2C=C(Cl)C(=S)NC2=C)[C@H](O)[C@@H]1O.[2H][C@@]1(n2cc(Cl)c(=S)[nH]c2=O)O[C@](F)(COP2(=O)OCc3cc(F)ccc3O2)[C@@H](O)[C@H]1O. The smallest absolute Gasteiger partial charge is 0.404 e. The zero-order chi connectivity index (χ0) is 95.6. The van der Waals surface area contributed by atoms with E-state index in [9.17, 15) is 91.1 Å². The van der Waals surface area contributed by atoms with Gasteiger partial charge in [0.25, 0.3) is 23.4 Å². The van der Waals surface area contributed by atoms with Gasteiger partial charge in [-0.3, -0.25) is 64.8 Å². The van der Waals surface area contributed by atoms with Crippen molar-refractivity contribution < 1.29 is 176 Å². The lowest BCUT2D eigenvalue weighted by Gasteiger charge is -2.34. The minimum absolute atomic E-state index is 0.00502. The predicted molar refractivity (Wildman–Crippen MR) is 413 cm³/mol. The van der Waals surface area contributed by atoms with Crippen LogP contribution in [0.1, 0.15) is 49.1 Å². The highest BCUT2D eigenvalue weighted by Gasteiger charge is 2.62. The van der Waals surface area contributed by atoms with E-state index in [1.54, 1.807) is 0 Å². The number of phosphoric ester groups is 4. The van der Waals surface area contributed by atoms with Gasteiger partial charge >= 0.3 is 48.4 Å². The van der Waals surface area contributed by atoms with Gasteiger partial charge in [-0.2, -0.15) is 0 Å². The van der Waals surface area contributed by atoms with Gasteiger partial charge in [-0.15, -0.1) is 0 Å². The summed E-state index contributed by atoms with van der Waals surface area (Å²) in [6.07, 6.45) is -24.7. The number of rotatable bonds is 16. The van der Waals surface area contributed by atoms with Gasteiger partial charge in [0, 0.05) is 47.0 Å². The van der Waals surface area contributed by atoms with Crippen LogP contribution in [0.25, 0.3) is 0 Å². The lowest BCUT2D eigenvalue weighted by molar-refractivity contribution is -0.207. The molecule has 4 saturated heterocycles. The van der Waals surface area contributed by atoms with Crippen molar-refractivity contribution in [3.8, 4) is 23.0 Å². The van der Waals surface area contributed by atoms with Gasteiger partial charge in [0.1, 0.15) is 146 Å². The maximum atomic E-state index is 15.9. The van der Waals surface area contributed by atoms with E-state index in [-0.39, 0.29) is 103 Å². The molecule has 0 bridgehead atoms. The fraction of sp³-hybridized carbons (Fsp3) is 0.369. The first-order valence-electron chi connectivity index (χ1n) is 37.0. The number of H-pyrrole nitrogens is 3. The summed E-state index contributed by atoms with van der Waals surface area (Å²) in [4.78, 5) is 43.5. The van der Waals surface area contributed by atoms with Crippen molar-refractivity contribution in [2.75, 3.05) is 26.3 Å². The highest BCUT2D eigenvalue weighted by Crippen LogP contribution is 2.60. The third kappa shape index (κ3) is 20.2. The molecule has 9 aliphatic heterocycles. The zero-order valence-corrected chi connectivity index (χ0v) is 70.5. The maximum Gasteiger partial charge on any atom is 0.530 e. The fourth-order valence-electron chi connectivity index (χ4n) is 11.5. The van der Waals surface area contributed by atoms with Gasteiger partial charge in [-0.1, -0.05) is 102 Å². The molecule has 0 amide bonds. The molecule has 3 aromatic heterocycles. The van der Waals surface area contributed by atoms with Gasteiger partial charge in [-0.05, 0) is 72.8 Å². The molecule has 20 atom stereocenters. The number of hydrogen-bond acceptors (Lipinski definition) is 36. The molecule has 39 nitrogen and oxygen atoms in total. The number of fused-ring (bicyclic) bond motifs is 4. The van der Waals surface area contributed by atoms with Crippen LogP contribution < -0.4 is 40.5 Å². The third-order valence-corrected chi connectivity index (χ3v) is 25.6. The number of aliphatic hydroxyl groups is 8.